The third-order valence-corrected chi connectivity index (χ3v) is 18.6. The summed E-state index contributed by atoms with van der Waals surface area (Å²) in [4.78, 5) is 262. The topological polar surface area (TPSA) is 951 Å². The summed E-state index contributed by atoms with van der Waals surface area (Å²) in [5.74, 6) is -14.9. The van der Waals surface area contributed by atoms with E-state index in [2.05, 4.69) is 89.4 Å². The molecule has 134 heavy (non-hydrogen) atoms. The Hall–Kier alpha value is -12.4. The van der Waals surface area contributed by atoms with E-state index in [1.807, 2.05) is 29.6 Å². The van der Waals surface area contributed by atoms with E-state index in [4.69, 9.17) is 127 Å². The smallest absolute Gasteiger partial charge is 0.373 e. The van der Waals surface area contributed by atoms with Crippen LogP contribution >= 0.6 is 15.0 Å². The predicted molar refractivity (Wildman–Crippen MR) is 468 cm³/mol. The summed E-state index contributed by atoms with van der Waals surface area (Å²) in [7, 11) is -7.51. The van der Waals surface area contributed by atoms with Crippen LogP contribution in [-0.2, 0) is 116 Å². The van der Waals surface area contributed by atoms with Crippen LogP contribution in [0.5, 0.6) is 0 Å². The van der Waals surface area contributed by atoms with Crippen molar-refractivity contribution in [1.29, 1.82) is 0 Å². The van der Waals surface area contributed by atoms with E-state index in [1.54, 1.807) is 34.6 Å². The minimum Gasteiger partial charge on any atom is -0.481 e. The molecule has 1 rings (SSSR count). The number of carboxylic acid groups (broad SMARTS) is 11. The number of amides is 8. The monoisotopic (exact) mass is 1970 g/mol. The molecule has 1 aromatic rings. The average Bonchev–Trinajstić information content (AvgIpc) is 0.889. The molecule has 1 aromatic carbocycles. The molecule has 0 aliphatic heterocycles. The van der Waals surface area contributed by atoms with E-state index >= 15 is 0 Å². The van der Waals surface area contributed by atoms with Gasteiger partial charge in [-0.3, -0.25) is 66.7 Å². The Bertz CT molecular complexity index is 3780. The first kappa shape index (κ1) is 142. The molecule has 0 spiro atoms. The quantitative estimate of drug-likeness (QED) is 0.0311. The molecule has 0 saturated heterocycles. The van der Waals surface area contributed by atoms with Gasteiger partial charge in [0.05, 0.1) is 31.0 Å². The summed E-state index contributed by atoms with van der Waals surface area (Å²) in [5, 5.41) is 121. The van der Waals surface area contributed by atoms with E-state index in [1.165, 1.54) is 0 Å². The summed E-state index contributed by atoms with van der Waals surface area (Å²) in [5.41, 5.74) is 23.2. The van der Waals surface area contributed by atoms with Crippen LogP contribution in [-0.4, -0.2) is 302 Å². The van der Waals surface area contributed by atoms with Crippen LogP contribution in [0.25, 0.3) is 0 Å². The van der Waals surface area contributed by atoms with Crippen molar-refractivity contribution in [3.05, 3.63) is 29.8 Å². The maximum Gasteiger partial charge on any atom is 0.373 e. The molecule has 10 atom stereocenters. The number of carboxylic acids is 11. The average molecular weight is 1970 g/mol. The third-order valence-electron chi connectivity index (χ3n) is 15.5. The SMILES string of the molecule is CC(CCC(=O)O)CP(=O)(O)CCCN.C[C@@H](CCC(=O)O)NC(=O)[C@@H](N)CC(=O)O.C[C@H](CCC(=O)O)NC(=O)NCCCCCNC(C)(C)C.C[C@H](CCC(=O)O)NC(=O)NCCN.C[C@H](CCC(=O)O)NC(=O)NCCc1ccc(NC(C)(C)C)cc1.N[C@@H](CC(=O)N[C@H](CCC(=O)O)C(=O)O)C(=O)O.O=C(O)CCC(CP(=O)(O)O)C(=O)O.O=C=O.O=C=O.O=C=O.O=C=O. The van der Waals surface area contributed by atoms with Crippen LogP contribution in [0.15, 0.2) is 24.3 Å². The van der Waals surface area contributed by atoms with Crippen molar-refractivity contribution in [2.24, 2.45) is 34.8 Å². The van der Waals surface area contributed by atoms with Crippen molar-refractivity contribution >= 4 is 141 Å². The van der Waals surface area contributed by atoms with Gasteiger partial charge in [0.25, 0.3) is 0 Å². The fraction of sp³-hybridized carbons (Fsp3) is 0.667. The number of benzene rings is 1. The fourth-order valence-corrected chi connectivity index (χ4v) is 12.1. The summed E-state index contributed by atoms with van der Waals surface area (Å²) in [6.45, 7) is 24.9. The molecular weight excluding hydrogens is 1830 g/mol. The van der Waals surface area contributed by atoms with Gasteiger partial charge >= 0.3 is 116 Å². The van der Waals surface area contributed by atoms with Gasteiger partial charge in [0, 0.05) is 124 Å². The van der Waals surface area contributed by atoms with Crippen molar-refractivity contribution in [2.45, 2.75) is 264 Å². The second kappa shape index (κ2) is 87.3. The number of anilines is 1. The minimum absolute atomic E-state index is 0.0263. The first-order chi connectivity index (χ1) is 61.7. The number of hydrogen-bond acceptors (Lipinski definition) is 32. The van der Waals surface area contributed by atoms with Crippen LogP contribution in [0, 0.1) is 11.8 Å². The van der Waals surface area contributed by atoms with Gasteiger partial charge in [-0.25, -0.2) is 19.2 Å². The number of urea groups is 3. The normalized spacial score (nSPS) is 12.5. The number of nitrogens with two attached hydrogens (primary N) is 4. The summed E-state index contributed by atoms with van der Waals surface area (Å²) < 4.78 is 22.1. The van der Waals surface area contributed by atoms with Crippen LogP contribution in [0.1, 0.15) is 210 Å². The highest BCUT2D eigenvalue weighted by Crippen LogP contribution is 2.43. The molecule has 770 valence electrons. The zero-order valence-corrected chi connectivity index (χ0v) is 78.6. The summed E-state index contributed by atoms with van der Waals surface area (Å²) >= 11 is 0. The minimum atomic E-state index is -4.41. The maximum absolute atomic E-state index is 11.7. The molecular formula is C78H138N14O40P2. The standard InChI is InChI=1S/C18H29N3O3.C15H31N3O3.C9H14N2O7.C9H16N2O5.C9H20NO4P.C8H17N3O3.C6H11O7P.4CO2/c1-13(5-10-16(22)23)20-17(24)19-12-11-14-6-8-15(9-7-14)21-18(2,3)4;1-12(8-9-13(19)20)18-14(21)16-10-6-5-7-11-17-15(2,3)4;10-4(8(15)16)3-6(12)11-5(9(17)18)1-2-7(13)14;1-5(2-3-7(12)13)11-9(16)6(10)4-8(14)15;1-8(3-4-9(11)12)7-15(13,14)6-2-5-10;1-6(2-3-7(12)13)11-8(14)10-5-4-9;7-5(8)2-1-4(6(9)10)3-14(11,12)13;4*2-1-3/h6-9,13,21H,5,10-12H2,1-4H3,(H,22,23)(H2,19,20,24);12,17H,5-11H2,1-4H3,(H,19,20)(H2,16,18,21);4-5H,1-3,10H2,(H,11,12)(H,13,14)(H,15,16)(H,17,18);5-6H,2-4,10H2,1H3,(H,11,16)(H,12,13)(H,14,15);8H,2-7,10H2,1H3,(H,11,12)(H,13,14);6H,2-5,9H2,1H3,(H,12,13)(H2,10,11,14);4H,1-3H2,(H,7,8)(H,9,10)(H2,11,12,13);;;;/t13-;12-;4-,5+;5-,6-;;6-;;;;;/m1100.1...../s1. The zero-order valence-electron chi connectivity index (χ0n) is 76.8. The highest BCUT2D eigenvalue weighted by atomic mass is 31.2. The number of hydrogen-bond donors (Lipinski definition) is 28. The van der Waals surface area contributed by atoms with Crippen molar-refractivity contribution in [3.63, 3.8) is 0 Å². The van der Waals surface area contributed by atoms with Gasteiger partial charge in [0.2, 0.25) is 19.2 Å². The highest BCUT2D eigenvalue weighted by Gasteiger charge is 2.29. The molecule has 8 amide bonds. The van der Waals surface area contributed by atoms with Crippen molar-refractivity contribution in [3.8, 4) is 0 Å². The lowest BCUT2D eigenvalue weighted by molar-refractivity contribution is -0.193. The largest absolute Gasteiger partial charge is 0.481 e. The Morgan fingerprint density at radius 3 is 1.08 bits per heavy atom. The third kappa shape index (κ3) is 122. The summed E-state index contributed by atoms with van der Waals surface area (Å²) in [6.07, 6.45) is 4.74. The van der Waals surface area contributed by atoms with Gasteiger partial charge in [0.1, 0.15) is 12.1 Å². The van der Waals surface area contributed by atoms with Crippen LogP contribution in [0.4, 0.5) is 20.1 Å². The van der Waals surface area contributed by atoms with E-state index in [-0.39, 0.29) is 148 Å². The summed E-state index contributed by atoms with van der Waals surface area (Å²) in [6, 6.07) is 2.66. The number of unbranched alkanes of at least 4 members (excludes halogenated alkanes) is 2. The highest BCUT2D eigenvalue weighted by molar-refractivity contribution is 7.58. The Labute approximate surface area is 772 Å². The van der Waals surface area contributed by atoms with Crippen molar-refractivity contribution in [2.75, 3.05) is 63.1 Å². The Morgan fingerprint density at radius 2 is 0.746 bits per heavy atom. The van der Waals surface area contributed by atoms with Gasteiger partial charge in [-0.05, 0) is 177 Å². The van der Waals surface area contributed by atoms with Crippen molar-refractivity contribution in [1.82, 2.24) is 47.9 Å². The van der Waals surface area contributed by atoms with Gasteiger partial charge < -0.3 is 147 Å². The lowest BCUT2D eigenvalue weighted by Crippen LogP contribution is -2.45. The van der Waals surface area contributed by atoms with Crippen LogP contribution < -0.4 is 76.1 Å². The molecule has 0 bridgehead atoms. The van der Waals surface area contributed by atoms with Gasteiger partial charge in [-0.15, -0.1) is 0 Å². The molecule has 54 nitrogen and oxygen atoms in total. The first-order valence-corrected chi connectivity index (χ1v) is 44.6. The zero-order chi connectivity index (χ0) is 107. The van der Waals surface area contributed by atoms with Gasteiger partial charge in [-0.2, -0.15) is 38.4 Å². The molecule has 0 saturated carbocycles. The number of rotatable bonds is 53. The Balaban J connectivity index is -0.000000165. The van der Waals surface area contributed by atoms with Crippen LogP contribution in [0.2, 0.25) is 0 Å². The Morgan fingerprint density at radius 1 is 0.388 bits per heavy atom. The van der Waals surface area contributed by atoms with Crippen LogP contribution in [0.3, 0.4) is 0 Å². The predicted octanol–water partition coefficient (Wildman–Crippen LogP) is 0.470. The van der Waals surface area contributed by atoms with E-state index < -0.39 is 148 Å². The second-order valence-electron chi connectivity index (χ2n) is 30.7. The molecule has 0 heterocycles. The molecule has 0 radical (unpaired) electrons. The lowest BCUT2D eigenvalue weighted by atomic mass is 10.1. The molecule has 3 unspecified atom stereocenters. The first-order valence-electron chi connectivity index (χ1n) is 40.8. The molecule has 56 heteroatoms. The van der Waals surface area contributed by atoms with Gasteiger partial charge in [0.15, 0.2) is 0 Å². The Kier molecular flexibility index (Phi) is 92.5. The molecule has 0 aliphatic rings. The number of aliphatic carboxylic acids is 11. The van der Waals surface area contributed by atoms with Gasteiger partial charge in [-0.1, -0.05) is 25.5 Å². The number of carbonyl (C=O) groups is 16. The van der Waals surface area contributed by atoms with Crippen molar-refractivity contribution < 1.29 is 195 Å². The van der Waals surface area contributed by atoms with E-state index in [0.29, 0.717) is 64.8 Å². The lowest BCUT2D eigenvalue weighted by Gasteiger charge is -2.22. The second-order valence-corrected chi connectivity index (χ2v) is 34.9. The molecule has 0 aliphatic carbocycles. The number of nitrogens with one attached hydrogen (secondary N) is 10. The van der Waals surface area contributed by atoms with E-state index in [9.17, 15) is 90.7 Å². The fourth-order valence-electron chi connectivity index (χ4n) is 9.21. The maximum atomic E-state index is 11.7. The number of carbonyl (C=O) groups excluding carboxylic acids is 13. The molecule has 0 aromatic heterocycles. The van der Waals surface area contributed by atoms with E-state index in [0.717, 1.165) is 43.5 Å². The molecule has 32 N–H and O–H groups in total. The molecule has 0 fully saturated rings.